The lowest BCUT2D eigenvalue weighted by atomic mass is 10.2. The summed E-state index contributed by atoms with van der Waals surface area (Å²) in [6, 6.07) is 4.10. The Bertz CT molecular complexity index is 491. The maximum atomic E-state index is 5.72. The van der Waals surface area contributed by atoms with Crippen molar-refractivity contribution in [2.75, 3.05) is 33.0 Å². The fraction of sp³-hybridized carbons (Fsp3) is 0.500. The van der Waals surface area contributed by atoms with E-state index in [-0.39, 0.29) is 0 Å². The molecule has 1 aromatic rings. The van der Waals surface area contributed by atoms with Crippen LogP contribution >= 0.6 is 15.9 Å². The van der Waals surface area contributed by atoms with Gasteiger partial charge < -0.3 is 19.5 Å². The summed E-state index contributed by atoms with van der Waals surface area (Å²) >= 11 is 3.55. The summed E-state index contributed by atoms with van der Waals surface area (Å²) in [6.45, 7) is 10.0. The number of ether oxygens (including phenoxy) is 3. The average Bonchev–Trinajstić information content (AvgIpc) is 2.68. The highest BCUT2D eigenvalue weighted by molar-refractivity contribution is 9.10. The highest BCUT2D eigenvalue weighted by atomic mass is 79.9. The number of hydrogen-bond acceptors (Lipinski definition) is 4. The zero-order chi connectivity index (χ0) is 15.1. The van der Waals surface area contributed by atoms with Crippen LogP contribution in [0.4, 0.5) is 0 Å². The summed E-state index contributed by atoms with van der Waals surface area (Å²) in [4.78, 5) is 0. The Morgan fingerprint density at radius 3 is 3.00 bits per heavy atom. The summed E-state index contributed by atoms with van der Waals surface area (Å²) in [5.74, 6) is 1.62. The molecule has 116 valence electrons. The first-order chi connectivity index (χ1) is 10.2. The van der Waals surface area contributed by atoms with E-state index in [1.54, 1.807) is 0 Å². The van der Waals surface area contributed by atoms with Gasteiger partial charge in [0, 0.05) is 19.5 Å². The molecule has 1 aliphatic heterocycles. The zero-order valence-electron chi connectivity index (χ0n) is 12.4. The van der Waals surface area contributed by atoms with Crippen LogP contribution in [0, 0.1) is 0 Å². The first-order valence-corrected chi connectivity index (χ1v) is 7.97. The summed E-state index contributed by atoms with van der Waals surface area (Å²) in [5.41, 5.74) is 2.20. The first-order valence-electron chi connectivity index (χ1n) is 7.17. The molecule has 1 heterocycles. The molecule has 21 heavy (non-hydrogen) atoms. The van der Waals surface area contributed by atoms with E-state index in [9.17, 15) is 0 Å². The van der Waals surface area contributed by atoms with Crippen molar-refractivity contribution in [3.05, 3.63) is 34.3 Å². The topological polar surface area (TPSA) is 39.7 Å². The molecule has 0 unspecified atom stereocenters. The Labute approximate surface area is 134 Å². The lowest BCUT2D eigenvalue weighted by Gasteiger charge is -2.12. The Morgan fingerprint density at radius 1 is 1.38 bits per heavy atom. The molecule has 4 nitrogen and oxygen atoms in total. The Balaban J connectivity index is 1.82. The van der Waals surface area contributed by atoms with Gasteiger partial charge in [0.2, 0.25) is 0 Å². The predicted molar refractivity (Wildman–Crippen MR) is 87.1 cm³/mol. The molecule has 0 saturated heterocycles. The van der Waals surface area contributed by atoms with Gasteiger partial charge in [-0.3, -0.25) is 0 Å². The Kier molecular flexibility index (Phi) is 6.54. The fourth-order valence-corrected chi connectivity index (χ4v) is 2.61. The van der Waals surface area contributed by atoms with Crippen LogP contribution in [0.25, 0.3) is 0 Å². The number of fused-ring (bicyclic) bond motifs is 1. The normalized spacial score (nSPS) is 13.8. The molecule has 0 saturated carbocycles. The van der Waals surface area contributed by atoms with Gasteiger partial charge in [-0.05, 0) is 40.5 Å². The van der Waals surface area contributed by atoms with Gasteiger partial charge in [0.15, 0.2) is 11.5 Å². The van der Waals surface area contributed by atoms with Gasteiger partial charge in [-0.1, -0.05) is 12.2 Å². The number of hydrogen-bond donors (Lipinski definition) is 1. The van der Waals surface area contributed by atoms with E-state index in [1.165, 1.54) is 0 Å². The third-order valence-corrected chi connectivity index (χ3v) is 3.55. The third kappa shape index (κ3) is 5.34. The van der Waals surface area contributed by atoms with E-state index in [2.05, 4.69) is 33.9 Å². The molecule has 0 fully saturated rings. The average molecular weight is 356 g/mol. The summed E-state index contributed by atoms with van der Waals surface area (Å²) in [6.07, 6.45) is 0.911. The zero-order valence-corrected chi connectivity index (χ0v) is 14.0. The fourth-order valence-electron chi connectivity index (χ4n) is 2.01. The van der Waals surface area contributed by atoms with Gasteiger partial charge in [-0.2, -0.15) is 0 Å². The molecule has 2 rings (SSSR count). The summed E-state index contributed by atoms with van der Waals surface area (Å²) in [5, 5.41) is 3.35. The van der Waals surface area contributed by atoms with Gasteiger partial charge in [-0.15, -0.1) is 0 Å². The van der Waals surface area contributed by atoms with Crippen molar-refractivity contribution in [1.29, 1.82) is 0 Å². The minimum Gasteiger partial charge on any atom is -0.490 e. The molecule has 0 aromatic heterocycles. The highest BCUT2D eigenvalue weighted by Crippen LogP contribution is 2.38. The highest BCUT2D eigenvalue weighted by Gasteiger charge is 2.14. The van der Waals surface area contributed by atoms with E-state index < -0.39 is 0 Å². The van der Waals surface area contributed by atoms with Crippen molar-refractivity contribution in [3.8, 4) is 11.5 Å². The Hall–Kier alpha value is -1.04. The van der Waals surface area contributed by atoms with Crippen LogP contribution in [0.5, 0.6) is 11.5 Å². The number of nitrogens with one attached hydrogen (secondary N) is 1. The van der Waals surface area contributed by atoms with Crippen LogP contribution in [0.1, 0.15) is 18.9 Å². The van der Waals surface area contributed by atoms with Crippen molar-refractivity contribution >= 4 is 15.9 Å². The van der Waals surface area contributed by atoms with Crippen molar-refractivity contribution in [2.24, 2.45) is 0 Å². The molecular formula is C16H22BrNO3. The van der Waals surface area contributed by atoms with Crippen LogP contribution in [0.3, 0.4) is 0 Å². The SMILES string of the molecule is C=C(C)COCCNCc1cc(Br)c2c(c1)OCCCO2. The third-order valence-electron chi connectivity index (χ3n) is 2.96. The molecular weight excluding hydrogens is 334 g/mol. The quantitative estimate of drug-likeness (QED) is 0.601. The van der Waals surface area contributed by atoms with E-state index in [4.69, 9.17) is 14.2 Å². The monoisotopic (exact) mass is 355 g/mol. The summed E-state index contributed by atoms with van der Waals surface area (Å²) < 4.78 is 17.8. The predicted octanol–water partition coefficient (Wildman–Crippen LogP) is 3.29. The first kappa shape index (κ1) is 16.3. The van der Waals surface area contributed by atoms with E-state index in [1.807, 2.05) is 13.0 Å². The Morgan fingerprint density at radius 2 is 2.19 bits per heavy atom. The standard InChI is InChI=1S/C16H22BrNO3/c1-12(2)11-19-7-4-18-10-13-8-14(17)16-15(9-13)20-5-3-6-21-16/h8-9,18H,1,3-7,10-11H2,2H3. The van der Waals surface area contributed by atoms with Gasteiger partial charge in [0.1, 0.15) is 0 Å². The number of rotatable bonds is 7. The second kappa shape index (κ2) is 8.41. The van der Waals surface area contributed by atoms with E-state index in [0.29, 0.717) is 26.4 Å². The maximum absolute atomic E-state index is 5.72. The van der Waals surface area contributed by atoms with E-state index in [0.717, 1.165) is 46.6 Å². The summed E-state index contributed by atoms with van der Waals surface area (Å²) in [7, 11) is 0. The molecule has 0 aliphatic carbocycles. The lowest BCUT2D eigenvalue weighted by molar-refractivity contribution is 0.157. The van der Waals surface area contributed by atoms with Crippen LogP contribution in [-0.4, -0.2) is 33.0 Å². The lowest BCUT2D eigenvalue weighted by Crippen LogP contribution is -2.19. The molecule has 1 aliphatic rings. The molecule has 0 amide bonds. The van der Waals surface area contributed by atoms with Crippen LogP contribution in [0.2, 0.25) is 0 Å². The largest absolute Gasteiger partial charge is 0.490 e. The molecule has 5 heteroatoms. The second-order valence-electron chi connectivity index (χ2n) is 5.14. The van der Waals surface area contributed by atoms with Crippen LogP contribution in [0.15, 0.2) is 28.8 Å². The molecule has 0 bridgehead atoms. The smallest absolute Gasteiger partial charge is 0.175 e. The molecule has 0 atom stereocenters. The van der Waals surface area contributed by atoms with Crippen LogP contribution < -0.4 is 14.8 Å². The minimum atomic E-state index is 0.622. The van der Waals surface area contributed by atoms with E-state index >= 15 is 0 Å². The van der Waals surface area contributed by atoms with Crippen molar-refractivity contribution in [3.63, 3.8) is 0 Å². The van der Waals surface area contributed by atoms with Gasteiger partial charge >= 0.3 is 0 Å². The van der Waals surface area contributed by atoms with Crippen molar-refractivity contribution in [1.82, 2.24) is 5.32 Å². The van der Waals surface area contributed by atoms with Crippen molar-refractivity contribution < 1.29 is 14.2 Å². The molecule has 1 N–H and O–H groups in total. The van der Waals surface area contributed by atoms with Gasteiger partial charge in [-0.25, -0.2) is 0 Å². The molecule has 1 aromatic carbocycles. The van der Waals surface area contributed by atoms with Gasteiger partial charge in [0.25, 0.3) is 0 Å². The minimum absolute atomic E-state index is 0.622. The van der Waals surface area contributed by atoms with Gasteiger partial charge in [0.05, 0.1) is 30.9 Å². The molecule has 0 radical (unpaired) electrons. The maximum Gasteiger partial charge on any atom is 0.175 e. The molecule has 0 spiro atoms. The second-order valence-corrected chi connectivity index (χ2v) is 6.00. The van der Waals surface area contributed by atoms with Crippen molar-refractivity contribution in [2.45, 2.75) is 19.9 Å². The number of halogens is 1. The number of benzene rings is 1. The van der Waals surface area contributed by atoms with Crippen LogP contribution in [-0.2, 0) is 11.3 Å².